The second-order valence-electron chi connectivity index (χ2n) is 10.1. The molecule has 38 heavy (non-hydrogen) atoms. The molecule has 0 spiro atoms. The summed E-state index contributed by atoms with van der Waals surface area (Å²) in [5.41, 5.74) is 0.822. The number of amides is 2. The van der Waals surface area contributed by atoms with Gasteiger partial charge in [-0.25, -0.2) is 4.79 Å². The van der Waals surface area contributed by atoms with Crippen LogP contribution in [0.25, 0.3) is 0 Å². The highest BCUT2D eigenvalue weighted by Gasteiger charge is 2.26. The highest BCUT2D eigenvalue weighted by atomic mass is 16.5. The lowest BCUT2D eigenvalue weighted by atomic mass is 9.88. The molecule has 2 N–H and O–H groups in total. The molecule has 0 fully saturated rings. The van der Waals surface area contributed by atoms with E-state index in [1.54, 1.807) is 46.3 Å². The maximum absolute atomic E-state index is 13.3. The molecule has 2 aromatic carbocycles. The van der Waals surface area contributed by atoms with E-state index in [-0.39, 0.29) is 6.03 Å². The van der Waals surface area contributed by atoms with Crippen molar-refractivity contribution in [2.45, 2.75) is 72.3 Å². The van der Waals surface area contributed by atoms with Crippen molar-refractivity contribution < 1.29 is 28.9 Å². The lowest BCUT2D eigenvalue weighted by Crippen LogP contribution is -2.35. The van der Waals surface area contributed by atoms with Gasteiger partial charge in [-0.3, -0.25) is 4.79 Å². The third kappa shape index (κ3) is 10.1. The van der Waals surface area contributed by atoms with Crippen molar-refractivity contribution in [3.63, 3.8) is 0 Å². The van der Waals surface area contributed by atoms with Crippen molar-refractivity contribution in [3.05, 3.63) is 48.0 Å². The summed E-state index contributed by atoms with van der Waals surface area (Å²) in [5, 5.41) is 12.2. The van der Waals surface area contributed by atoms with Crippen molar-refractivity contribution in [1.29, 1.82) is 0 Å². The largest absolute Gasteiger partial charge is 0.497 e. The SMILES string of the molecule is CCCCCCCN(Cc1ccc(OCCCC(C)(C)C(=O)O)cc1)C(=O)Nc1ccc(OC)cc1OC. The number of carboxylic acid groups (broad SMARTS) is 1. The maximum Gasteiger partial charge on any atom is 0.322 e. The lowest BCUT2D eigenvalue weighted by molar-refractivity contribution is -0.147. The number of unbranched alkanes of at least 4 members (excludes halogenated alkanes) is 4. The molecule has 0 aliphatic carbocycles. The number of carbonyl (C=O) groups is 2. The quantitative estimate of drug-likeness (QED) is 0.215. The number of carboxylic acids is 1. The molecule has 0 aliphatic rings. The van der Waals surface area contributed by atoms with Crippen LogP contribution in [-0.2, 0) is 11.3 Å². The average Bonchev–Trinajstić information content (AvgIpc) is 2.91. The molecule has 0 bridgehead atoms. The van der Waals surface area contributed by atoms with Crippen molar-refractivity contribution in [3.8, 4) is 17.2 Å². The van der Waals surface area contributed by atoms with Gasteiger partial charge >= 0.3 is 12.0 Å². The Morgan fingerprint density at radius 3 is 2.24 bits per heavy atom. The van der Waals surface area contributed by atoms with E-state index in [2.05, 4.69) is 12.2 Å². The van der Waals surface area contributed by atoms with Crippen LogP contribution in [0.15, 0.2) is 42.5 Å². The highest BCUT2D eigenvalue weighted by molar-refractivity contribution is 5.91. The Kier molecular flexibility index (Phi) is 12.8. The summed E-state index contributed by atoms with van der Waals surface area (Å²) >= 11 is 0. The van der Waals surface area contributed by atoms with Gasteiger partial charge in [0.05, 0.1) is 31.9 Å². The summed E-state index contributed by atoms with van der Waals surface area (Å²) in [6, 6.07) is 12.8. The maximum atomic E-state index is 13.3. The molecule has 0 unspecified atom stereocenters. The molecular formula is C30H44N2O6. The fraction of sp³-hybridized carbons (Fsp3) is 0.533. The van der Waals surface area contributed by atoms with Gasteiger partial charge in [0.25, 0.3) is 0 Å². The number of hydrogen-bond acceptors (Lipinski definition) is 5. The molecular weight excluding hydrogens is 484 g/mol. The number of hydrogen-bond donors (Lipinski definition) is 2. The summed E-state index contributed by atoms with van der Waals surface area (Å²) in [6.07, 6.45) is 6.74. The third-order valence-corrected chi connectivity index (χ3v) is 6.56. The van der Waals surface area contributed by atoms with Crippen LogP contribution in [0.3, 0.4) is 0 Å². The van der Waals surface area contributed by atoms with E-state index < -0.39 is 11.4 Å². The summed E-state index contributed by atoms with van der Waals surface area (Å²) in [6.45, 7) is 7.19. The Hall–Kier alpha value is -3.42. The van der Waals surface area contributed by atoms with Crippen LogP contribution in [0.1, 0.15) is 71.3 Å². The summed E-state index contributed by atoms with van der Waals surface area (Å²) in [7, 11) is 3.15. The normalized spacial score (nSPS) is 11.1. The number of urea groups is 1. The Morgan fingerprint density at radius 1 is 0.921 bits per heavy atom. The van der Waals surface area contributed by atoms with Gasteiger partial charge in [-0.2, -0.15) is 0 Å². The zero-order valence-electron chi connectivity index (χ0n) is 23.5. The van der Waals surface area contributed by atoms with Crippen molar-refractivity contribution in [2.24, 2.45) is 5.41 Å². The van der Waals surface area contributed by atoms with Gasteiger partial charge in [0.15, 0.2) is 0 Å². The van der Waals surface area contributed by atoms with E-state index >= 15 is 0 Å². The van der Waals surface area contributed by atoms with E-state index in [1.807, 2.05) is 29.2 Å². The second-order valence-corrected chi connectivity index (χ2v) is 10.1. The van der Waals surface area contributed by atoms with Crippen molar-refractivity contribution >= 4 is 17.7 Å². The number of methoxy groups -OCH3 is 2. The highest BCUT2D eigenvalue weighted by Crippen LogP contribution is 2.29. The van der Waals surface area contributed by atoms with Gasteiger partial charge in [0.2, 0.25) is 0 Å². The lowest BCUT2D eigenvalue weighted by Gasteiger charge is -2.24. The molecule has 2 amide bonds. The Balaban J connectivity index is 2.01. The van der Waals surface area contributed by atoms with E-state index in [1.165, 1.54) is 12.8 Å². The molecule has 0 saturated heterocycles. The first-order chi connectivity index (χ1) is 18.2. The number of benzene rings is 2. The topological polar surface area (TPSA) is 97.3 Å². The Labute approximate surface area is 227 Å². The molecule has 2 aromatic rings. The minimum atomic E-state index is -0.800. The minimum absolute atomic E-state index is 0.190. The summed E-state index contributed by atoms with van der Waals surface area (Å²) in [4.78, 5) is 26.4. The van der Waals surface area contributed by atoms with Crippen LogP contribution in [0.2, 0.25) is 0 Å². The number of carbonyl (C=O) groups excluding carboxylic acids is 1. The van der Waals surface area contributed by atoms with Crippen LogP contribution in [0.4, 0.5) is 10.5 Å². The molecule has 0 radical (unpaired) electrons. The Bertz CT molecular complexity index is 1010. The van der Waals surface area contributed by atoms with Crippen LogP contribution in [-0.4, -0.2) is 49.4 Å². The van der Waals surface area contributed by atoms with Crippen LogP contribution >= 0.6 is 0 Å². The van der Waals surface area contributed by atoms with Gasteiger partial charge in [-0.15, -0.1) is 0 Å². The first-order valence-corrected chi connectivity index (χ1v) is 13.4. The van der Waals surface area contributed by atoms with Crippen molar-refractivity contribution in [2.75, 3.05) is 32.7 Å². The standard InChI is InChI=1S/C30H44N2O6/c1-6-7-8-9-10-19-32(29(35)31-26-17-16-25(36-4)21-27(26)37-5)22-23-12-14-24(15-13-23)38-20-11-18-30(2,3)28(33)34/h12-17,21H,6-11,18-20,22H2,1-5H3,(H,31,35)(H,33,34). The van der Waals surface area contributed by atoms with Gasteiger partial charge in [-0.05, 0) is 62.9 Å². The molecule has 8 nitrogen and oxygen atoms in total. The average molecular weight is 529 g/mol. The van der Waals surface area contributed by atoms with Crippen LogP contribution < -0.4 is 19.5 Å². The monoisotopic (exact) mass is 528 g/mol. The molecule has 0 aliphatic heterocycles. The number of anilines is 1. The zero-order valence-corrected chi connectivity index (χ0v) is 23.5. The number of aliphatic carboxylic acids is 1. The molecule has 0 heterocycles. The van der Waals surface area contributed by atoms with Crippen molar-refractivity contribution in [1.82, 2.24) is 4.90 Å². The zero-order chi connectivity index (χ0) is 28.0. The molecule has 8 heteroatoms. The van der Waals surface area contributed by atoms with Gasteiger partial charge in [0.1, 0.15) is 17.2 Å². The third-order valence-electron chi connectivity index (χ3n) is 6.56. The second kappa shape index (κ2) is 15.7. The van der Waals surface area contributed by atoms with Crippen LogP contribution in [0, 0.1) is 5.41 Å². The van der Waals surface area contributed by atoms with Gasteiger partial charge in [0, 0.05) is 19.2 Å². The van der Waals surface area contributed by atoms with E-state index in [9.17, 15) is 14.7 Å². The van der Waals surface area contributed by atoms with E-state index in [4.69, 9.17) is 14.2 Å². The number of nitrogens with one attached hydrogen (secondary N) is 1. The fourth-order valence-corrected chi connectivity index (χ4v) is 3.98. The predicted molar refractivity (Wildman–Crippen MR) is 150 cm³/mol. The molecule has 210 valence electrons. The first kappa shape index (κ1) is 30.8. The number of ether oxygens (including phenoxy) is 3. The number of rotatable bonds is 17. The fourth-order valence-electron chi connectivity index (χ4n) is 3.98. The van der Waals surface area contributed by atoms with E-state index in [0.717, 1.165) is 30.6 Å². The molecule has 0 atom stereocenters. The number of nitrogens with zero attached hydrogens (tertiary/aromatic N) is 1. The summed E-state index contributed by atoms with van der Waals surface area (Å²) in [5.74, 6) is 1.11. The molecule has 2 rings (SSSR count). The van der Waals surface area contributed by atoms with E-state index in [0.29, 0.717) is 49.7 Å². The van der Waals surface area contributed by atoms with Crippen LogP contribution in [0.5, 0.6) is 17.2 Å². The molecule has 0 saturated carbocycles. The predicted octanol–water partition coefficient (Wildman–Crippen LogP) is 6.98. The minimum Gasteiger partial charge on any atom is -0.497 e. The Morgan fingerprint density at radius 2 is 1.61 bits per heavy atom. The summed E-state index contributed by atoms with van der Waals surface area (Å²) < 4.78 is 16.5. The molecule has 0 aromatic heterocycles. The van der Waals surface area contributed by atoms with Gasteiger partial charge in [-0.1, -0.05) is 44.7 Å². The smallest absolute Gasteiger partial charge is 0.322 e. The first-order valence-electron chi connectivity index (χ1n) is 13.4. The van der Waals surface area contributed by atoms with Gasteiger partial charge < -0.3 is 29.5 Å².